The number of para-hydroxylation sites is 2. The molecule has 7 heteroatoms. The molecule has 0 fully saturated rings. The fourth-order valence-electron chi connectivity index (χ4n) is 5.12. The Hall–Kier alpha value is -5.53. The lowest BCUT2D eigenvalue weighted by Crippen LogP contribution is -2.03. The van der Waals surface area contributed by atoms with Crippen molar-refractivity contribution in [2.45, 2.75) is 0 Å². The smallest absolute Gasteiger partial charge is 0.183 e. The van der Waals surface area contributed by atoms with Gasteiger partial charge in [0, 0.05) is 40.1 Å². The van der Waals surface area contributed by atoms with Crippen LogP contribution in [0.5, 0.6) is 0 Å². The number of benzene rings is 3. The molecule has 0 aliphatic rings. The highest BCUT2D eigenvalue weighted by molar-refractivity contribution is 6.19. The molecule has 0 unspecified atom stereocenters. The maximum atomic E-state index is 9.83. The van der Waals surface area contributed by atoms with Crippen LogP contribution in [0.1, 0.15) is 11.3 Å². The maximum Gasteiger partial charge on any atom is 0.183 e. The fourth-order valence-corrected chi connectivity index (χ4v) is 5.12. The van der Waals surface area contributed by atoms with E-state index in [9.17, 15) is 10.5 Å². The number of hydrogen-bond acceptors (Lipinski definition) is 5. The Kier molecular flexibility index (Phi) is 4.14. The zero-order chi connectivity index (χ0) is 24.2. The Bertz CT molecular complexity index is 1940. The summed E-state index contributed by atoms with van der Waals surface area (Å²) in [7, 11) is 0. The molecular formula is C29H15N7. The summed E-state index contributed by atoms with van der Waals surface area (Å²) in [6.07, 6.45) is 4.82. The van der Waals surface area contributed by atoms with Crippen molar-refractivity contribution < 1.29 is 0 Å². The minimum absolute atomic E-state index is 0.247. The monoisotopic (exact) mass is 461 g/mol. The van der Waals surface area contributed by atoms with Crippen molar-refractivity contribution in [3.05, 3.63) is 103 Å². The Morgan fingerprint density at radius 3 is 1.81 bits per heavy atom. The Balaban J connectivity index is 1.72. The highest BCUT2D eigenvalue weighted by Crippen LogP contribution is 2.39. The minimum Gasteiger partial charge on any atom is -0.293 e. The molecule has 0 aliphatic carbocycles. The van der Waals surface area contributed by atoms with Gasteiger partial charge in [-0.15, -0.1) is 0 Å². The second-order valence-electron chi connectivity index (χ2n) is 8.42. The summed E-state index contributed by atoms with van der Waals surface area (Å²) in [5.41, 5.74) is 4.43. The van der Waals surface area contributed by atoms with Crippen LogP contribution in [-0.2, 0) is 0 Å². The Morgan fingerprint density at radius 2 is 1.14 bits per heavy atom. The number of rotatable bonds is 2. The molecule has 36 heavy (non-hydrogen) atoms. The Labute approximate surface area is 204 Å². The van der Waals surface area contributed by atoms with Crippen LogP contribution in [0.15, 0.2) is 91.4 Å². The van der Waals surface area contributed by atoms with Gasteiger partial charge in [0.05, 0.1) is 27.6 Å². The largest absolute Gasteiger partial charge is 0.293 e. The molecule has 7 aromatic rings. The van der Waals surface area contributed by atoms with Crippen molar-refractivity contribution in [3.8, 4) is 23.8 Å². The lowest BCUT2D eigenvalue weighted by atomic mass is 10.1. The van der Waals surface area contributed by atoms with E-state index in [2.05, 4.69) is 51.4 Å². The van der Waals surface area contributed by atoms with Crippen molar-refractivity contribution in [1.29, 1.82) is 10.5 Å². The highest BCUT2D eigenvalue weighted by atomic mass is 15.1. The van der Waals surface area contributed by atoms with Crippen LogP contribution in [0, 0.1) is 22.7 Å². The molecule has 0 atom stereocenters. The molecule has 166 valence electrons. The third-order valence-corrected chi connectivity index (χ3v) is 6.58. The van der Waals surface area contributed by atoms with Crippen LogP contribution in [-0.4, -0.2) is 24.1 Å². The van der Waals surface area contributed by atoms with Gasteiger partial charge in [-0.05, 0) is 36.4 Å². The van der Waals surface area contributed by atoms with E-state index < -0.39 is 0 Å². The van der Waals surface area contributed by atoms with E-state index in [4.69, 9.17) is 0 Å². The van der Waals surface area contributed by atoms with Crippen LogP contribution in [0.4, 0.5) is 0 Å². The van der Waals surface area contributed by atoms with Crippen molar-refractivity contribution in [2.24, 2.45) is 0 Å². The van der Waals surface area contributed by atoms with Gasteiger partial charge in [0.25, 0.3) is 0 Å². The van der Waals surface area contributed by atoms with E-state index in [1.165, 1.54) is 6.20 Å². The summed E-state index contributed by atoms with van der Waals surface area (Å²) in [5.74, 6) is 1.05. The molecule has 0 N–H and O–H groups in total. The predicted octanol–water partition coefficient (Wildman–Crippen LogP) is 5.81. The molecule has 0 bridgehead atoms. The maximum absolute atomic E-state index is 9.83. The fraction of sp³-hybridized carbons (Fsp3) is 0. The van der Waals surface area contributed by atoms with E-state index >= 15 is 0 Å². The zero-order valence-corrected chi connectivity index (χ0v) is 18.8. The first-order valence-corrected chi connectivity index (χ1v) is 11.3. The summed E-state index contributed by atoms with van der Waals surface area (Å²) < 4.78 is 4.02. The van der Waals surface area contributed by atoms with Crippen molar-refractivity contribution in [3.63, 3.8) is 0 Å². The van der Waals surface area contributed by atoms with Gasteiger partial charge in [-0.2, -0.15) is 10.5 Å². The van der Waals surface area contributed by atoms with E-state index in [1.807, 2.05) is 45.5 Å². The van der Waals surface area contributed by atoms with Gasteiger partial charge in [0.2, 0.25) is 0 Å². The van der Waals surface area contributed by atoms with Crippen molar-refractivity contribution in [2.75, 3.05) is 0 Å². The lowest BCUT2D eigenvalue weighted by molar-refractivity contribution is 1.02. The second-order valence-corrected chi connectivity index (χ2v) is 8.42. The first kappa shape index (κ1) is 19.9. The van der Waals surface area contributed by atoms with Gasteiger partial charge in [0.1, 0.15) is 12.1 Å². The molecule has 0 spiro atoms. The van der Waals surface area contributed by atoms with Crippen molar-refractivity contribution in [1.82, 2.24) is 24.1 Å². The van der Waals surface area contributed by atoms with Crippen LogP contribution in [0.25, 0.3) is 55.2 Å². The molecule has 4 aromatic heterocycles. The normalized spacial score (nSPS) is 11.3. The molecule has 0 aliphatic heterocycles. The predicted molar refractivity (Wildman–Crippen MR) is 138 cm³/mol. The third kappa shape index (κ3) is 2.62. The quantitative estimate of drug-likeness (QED) is 0.324. The number of aromatic nitrogens is 5. The number of nitrogens with zero attached hydrogens (tertiary/aromatic N) is 7. The molecule has 0 saturated heterocycles. The molecule has 3 aromatic carbocycles. The average molecular weight is 461 g/mol. The lowest BCUT2D eigenvalue weighted by Gasteiger charge is -2.10. The molecule has 7 rings (SSSR count). The number of hydrogen-bond donors (Lipinski definition) is 0. The number of fused-ring (bicyclic) bond motifs is 6. The topological polar surface area (TPSA) is 96.1 Å². The van der Waals surface area contributed by atoms with Crippen LogP contribution >= 0.6 is 0 Å². The summed E-state index contributed by atoms with van der Waals surface area (Å²) in [6.45, 7) is 0. The van der Waals surface area contributed by atoms with Gasteiger partial charge in [0.15, 0.2) is 17.3 Å². The minimum atomic E-state index is 0.247. The SMILES string of the molecule is N#Cc1cccnc1-n1c2ccccc2c2cc3c4ccccc4n(-c4nccnc4C#N)c3cc21. The van der Waals surface area contributed by atoms with Crippen molar-refractivity contribution >= 4 is 43.6 Å². The van der Waals surface area contributed by atoms with E-state index in [1.54, 1.807) is 24.5 Å². The first-order valence-electron chi connectivity index (χ1n) is 11.3. The standard InChI is InChI=1S/C29H15N7/c30-16-18-6-5-11-33-28(18)35-24-9-3-1-7-19(24)21-14-22-20-8-2-4-10-25(20)36(27(22)15-26(21)35)29-23(17-31)32-12-13-34-29/h1-15H. The van der Waals surface area contributed by atoms with Gasteiger partial charge in [-0.3, -0.25) is 9.13 Å². The molecular weight excluding hydrogens is 446 g/mol. The van der Waals surface area contributed by atoms with Gasteiger partial charge in [-0.25, -0.2) is 15.0 Å². The van der Waals surface area contributed by atoms with E-state index in [0.29, 0.717) is 17.2 Å². The van der Waals surface area contributed by atoms with Crippen LogP contribution < -0.4 is 0 Å². The summed E-state index contributed by atoms with van der Waals surface area (Å²) in [5, 5.41) is 23.8. The van der Waals surface area contributed by atoms with E-state index in [0.717, 1.165) is 43.6 Å². The third-order valence-electron chi connectivity index (χ3n) is 6.58. The second kappa shape index (κ2) is 7.49. The number of pyridine rings is 1. The Morgan fingerprint density at radius 1 is 0.528 bits per heavy atom. The molecule has 0 saturated carbocycles. The van der Waals surface area contributed by atoms with Crippen LogP contribution in [0.2, 0.25) is 0 Å². The molecule has 7 nitrogen and oxygen atoms in total. The highest BCUT2D eigenvalue weighted by Gasteiger charge is 2.21. The molecule has 0 radical (unpaired) electrons. The average Bonchev–Trinajstić information content (AvgIpc) is 3.44. The summed E-state index contributed by atoms with van der Waals surface area (Å²) in [4.78, 5) is 13.4. The molecule has 0 amide bonds. The summed E-state index contributed by atoms with van der Waals surface area (Å²) in [6, 6.07) is 28.5. The zero-order valence-electron chi connectivity index (χ0n) is 18.8. The van der Waals surface area contributed by atoms with Gasteiger partial charge < -0.3 is 0 Å². The molecule has 4 heterocycles. The van der Waals surface area contributed by atoms with Gasteiger partial charge in [-0.1, -0.05) is 36.4 Å². The summed E-state index contributed by atoms with van der Waals surface area (Å²) >= 11 is 0. The van der Waals surface area contributed by atoms with E-state index in [-0.39, 0.29) is 5.69 Å². The number of nitriles is 2. The van der Waals surface area contributed by atoms with Crippen LogP contribution in [0.3, 0.4) is 0 Å². The first-order chi connectivity index (χ1) is 17.8. The van der Waals surface area contributed by atoms with Gasteiger partial charge >= 0.3 is 0 Å².